The molecule has 2 aromatic carbocycles. The predicted octanol–water partition coefficient (Wildman–Crippen LogP) is 5.05. The molecular weight excluding hydrogens is 418 g/mol. The van der Waals surface area contributed by atoms with Crippen LogP contribution in [0.5, 0.6) is 0 Å². The lowest BCUT2D eigenvalue weighted by molar-refractivity contribution is 0.0755. The van der Waals surface area contributed by atoms with Gasteiger partial charge in [-0.3, -0.25) is 9.59 Å². The van der Waals surface area contributed by atoms with Crippen LogP contribution >= 0.6 is 22.9 Å². The molecule has 3 aromatic rings. The number of hydrogen-bond donors (Lipinski definition) is 1. The highest BCUT2D eigenvalue weighted by Crippen LogP contribution is 2.31. The Morgan fingerprint density at radius 1 is 1.07 bits per heavy atom. The first kappa shape index (κ1) is 20.4. The number of carbonyl (C=O) groups excluding carboxylic acids is 2. The van der Waals surface area contributed by atoms with E-state index in [1.165, 1.54) is 11.3 Å². The van der Waals surface area contributed by atoms with E-state index in [1.54, 1.807) is 24.3 Å². The van der Waals surface area contributed by atoms with Crippen LogP contribution < -0.4 is 10.2 Å². The maximum Gasteiger partial charge on any atom is 0.264 e. The summed E-state index contributed by atoms with van der Waals surface area (Å²) in [7, 11) is 2.05. The van der Waals surface area contributed by atoms with Gasteiger partial charge in [0, 0.05) is 32.4 Å². The summed E-state index contributed by atoms with van der Waals surface area (Å²) in [6, 6.07) is 16.9. The summed E-state index contributed by atoms with van der Waals surface area (Å²) in [5.41, 5.74) is 3.55. The molecule has 1 aliphatic heterocycles. The van der Waals surface area contributed by atoms with Gasteiger partial charge in [0.05, 0.1) is 20.5 Å². The van der Waals surface area contributed by atoms with E-state index in [-0.39, 0.29) is 11.8 Å². The summed E-state index contributed by atoms with van der Waals surface area (Å²) >= 11 is 7.42. The molecule has 4 rings (SSSR count). The van der Waals surface area contributed by atoms with E-state index >= 15 is 0 Å². The number of likely N-dealkylation sites (N-methyl/N-ethyl adjacent to an activating group) is 1. The largest absolute Gasteiger partial charge is 0.373 e. The van der Waals surface area contributed by atoms with Crippen molar-refractivity contribution in [2.75, 3.05) is 30.4 Å². The van der Waals surface area contributed by atoms with E-state index in [2.05, 4.69) is 22.3 Å². The fourth-order valence-corrected chi connectivity index (χ4v) is 4.85. The number of anilines is 2. The zero-order valence-electron chi connectivity index (χ0n) is 16.8. The average molecular weight is 440 g/mol. The summed E-state index contributed by atoms with van der Waals surface area (Å²) in [4.78, 5) is 30.6. The van der Waals surface area contributed by atoms with E-state index in [0.717, 1.165) is 23.4 Å². The molecule has 0 aliphatic carbocycles. The van der Waals surface area contributed by atoms with Gasteiger partial charge in [0.15, 0.2) is 0 Å². The van der Waals surface area contributed by atoms with Crippen LogP contribution in [0.25, 0.3) is 0 Å². The summed E-state index contributed by atoms with van der Waals surface area (Å²) in [5, 5.41) is 3.90. The molecule has 0 unspecified atom stereocenters. The number of thiophene rings is 1. The Labute approximate surface area is 184 Å². The SMILES string of the molecule is Cc1cc(NC(=O)c2ccccc2Cl)sc1C(=O)N1CCN(C)c2ccccc2C1. The molecule has 1 aliphatic rings. The van der Waals surface area contributed by atoms with Gasteiger partial charge in [-0.2, -0.15) is 0 Å². The van der Waals surface area contributed by atoms with Crippen molar-refractivity contribution in [3.63, 3.8) is 0 Å². The van der Waals surface area contributed by atoms with Crippen LogP contribution in [-0.4, -0.2) is 36.9 Å². The van der Waals surface area contributed by atoms with Gasteiger partial charge < -0.3 is 15.1 Å². The first-order valence-electron chi connectivity index (χ1n) is 9.68. The monoisotopic (exact) mass is 439 g/mol. The van der Waals surface area contributed by atoms with Crippen molar-refractivity contribution in [1.29, 1.82) is 0 Å². The molecule has 0 saturated heterocycles. The van der Waals surface area contributed by atoms with E-state index in [4.69, 9.17) is 11.6 Å². The molecule has 1 N–H and O–H groups in total. The summed E-state index contributed by atoms with van der Waals surface area (Å²) in [5.74, 6) is -0.299. The second-order valence-corrected chi connectivity index (χ2v) is 8.79. The van der Waals surface area contributed by atoms with Crippen LogP contribution in [0.15, 0.2) is 54.6 Å². The minimum absolute atomic E-state index is 0.0131. The van der Waals surface area contributed by atoms with E-state index < -0.39 is 0 Å². The molecule has 2 heterocycles. The zero-order chi connectivity index (χ0) is 21.3. The van der Waals surface area contributed by atoms with Gasteiger partial charge >= 0.3 is 0 Å². The quantitative estimate of drug-likeness (QED) is 0.621. The van der Waals surface area contributed by atoms with Crippen molar-refractivity contribution < 1.29 is 9.59 Å². The number of para-hydroxylation sites is 1. The number of nitrogens with zero attached hydrogens (tertiary/aromatic N) is 2. The number of benzene rings is 2. The van der Waals surface area contributed by atoms with Gasteiger partial charge in [0.2, 0.25) is 0 Å². The Morgan fingerprint density at radius 3 is 2.60 bits per heavy atom. The normalized spacial score (nSPS) is 13.6. The van der Waals surface area contributed by atoms with Crippen LogP contribution in [0.4, 0.5) is 10.7 Å². The number of nitrogens with one attached hydrogen (secondary N) is 1. The molecule has 7 heteroatoms. The second-order valence-electron chi connectivity index (χ2n) is 7.33. The summed E-state index contributed by atoms with van der Waals surface area (Å²) in [6.45, 7) is 3.87. The molecule has 1 aromatic heterocycles. The number of amides is 2. The first-order chi connectivity index (χ1) is 14.4. The number of rotatable bonds is 3. The highest BCUT2D eigenvalue weighted by Gasteiger charge is 2.25. The highest BCUT2D eigenvalue weighted by atomic mass is 35.5. The molecule has 0 radical (unpaired) electrons. The lowest BCUT2D eigenvalue weighted by atomic mass is 10.1. The molecule has 2 amide bonds. The van der Waals surface area contributed by atoms with Gasteiger partial charge in [0.25, 0.3) is 11.8 Å². The Hall–Kier alpha value is -2.83. The minimum atomic E-state index is -0.286. The summed E-state index contributed by atoms with van der Waals surface area (Å²) in [6.07, 6.45) is 0. The number of hydrogen-bond acceptors (Lipinski definition) is 4. The third-order valence-corrected chi connectivity index (χ3v) is 6.69. The van der Waals surface area contributed by atoms with Crippen LogP contribution in [0.2, 0.25) is 5.02 Å². The van der Waals surface area contributed by atoms with Crippen LogP contribution in [0.1, 0.15) is 31.2 Å². The molecular formula is C23H22ClN3O2S. The van der Waals surface area contributed by atoms with Crippen LogP contribution in [0, 0.1) is 6.92 Å². The van der Waals surface area contributed by atoms with Crippen LogP contribution in [-0.2, 0) is 6.54 Å². The molecule has 30 heavy (non-hydrogen) atoms. The standard InChI is InChI=1S/C23H22ClN3O2S/c1-15-13-20(25-22(28)17-8-4-5-9-18(17)24)30-21(15)23(29)27-12-11-26(2)19-10-6-3-7-16(19)14-27/h3-10,13H,11-12,14H2,1-2H3,(H,25,28). The fraction of sp³-hybridized carbons (Fsp3) is 0.217. The smallest absolute Gasteiger partial charge is 0.264 e. The van der Waals surface area contributed by atoms with Gasteiger partial charge in [-0.25, -0.2) is 0 Å². The first-order valence-corrected chi connectivity index (χ1v) is 10.9. The molecule has 0 spiro atoms. The fourth-order valence-electron chi connectivity index (χ4n) is 3.59. The van der Waals surface area contributed by atoms with Crippen molar-refractivity contribution in [2.24, 2.45) is 0 Å². The predicted molar refractivity (Wildman–Crippen MR) is 123 cm³/mol. The second kappa shape index (κ2) is 8.50. The maximum atomic E-state index is 13.3. The molecule has 0 bridgehead atoms. The molecule has 0 fully saturated rings. The van der Waals surface area contributed by atoms with Crippen molar-refractivity contribution in [3.05, 3.63) is 81.2 Å². The lowest BCUT2D eigenvalue weighted by Crippen LogP contribution is -2.34. The highest BCUT2D eigenvalue weighted by molar-refractivity contribution is 7.18. The Kier molecular flexibility index (Phi) is 5.79. The van der Waals surface area contributed by atoms with Crippen molar-refractivity contribution >= 4 is 45.4 Å². The zero-order valence-corrected chi connectivity index (χ0v) is 18.4. The van der Waals surface area contributed by atoms with Gasteiger partial charge in [0.1, 0.15) is 0 Å². The third-order valence-electron chi connectivity index (χ3n) is 5.22. The molecule has 0 atom stereocenters. The van der Waals surface area contributed by atoms with Crippen molar-refractivity contribution in [2.45, 2.75) is 13.5 Å². The Morgan fingerprint density at radius 2 is 1.80 bits per heavy atom. The Balaban J connectivity index is 1.54. The number of halogens is 1. The minimum Gasteiger partial charge on any atom is -0.373 e. The lowest BCUT2D eigenvalue weighted by Gasteiger charge is -2.20. The van der Waals surface area contributed by atoms with Crippen molar-refractivity contribution in [1.82, 2.24) is 4.90 Å². The average Bonchev–Trinajstić information content (AvgIpc) is 3.01. The van der Waals surface area contributed by atoms with Crippen LogP contribution in [0.3, 0.4) is 0 Å². The van der Waals surface area contributed by atoms with E-state index in [1.807, 2.05) is 37.1 Å². The van der Waals surface area contributed by atoms with E-state index in [9.17, 15) is 9.59 Å². The number of fused-ring (bicyclic) bond motifs is 1. The molecule has 5 nitrogen and oxygen atoms in total. The molecule has 0 saturated carbocycles. The third kappa shape index (κ3) is 4.06. The summed E-state index contributed by atoms with van der Waals surface area (Å²) < 4.78 is 0. The topological polar surface area (TPSA) is 52.7 Å². The van der Waals surface area contributed by atoms with Crippen molar-refractivity contribution in [3.8, 4) is 0 Å². The van der Waals surface area contributed by atoms with Gasteiger partial charge in [-0.05, 0) is 42.3 Å². The van der Waals surface area contributed by atoms with E-state index in [0.29, 0.717) is 33.6 Å². The van der Waals surface area contributed by atoms with Gasteiger partial charge in [-0.15, -0.1) is 11.3 Å². The number of aryl methyl sites for hydroxylation is 1. The maximum absolute atomic E-state index is 13.3. The van der Waals surface area contributed by atoms with Gasteiger partial charge in [-0.1, -0.05) is 41.9 Å². The number of carbonyl (C=O) groups is 2. The molecule has 154 valence electrons. The Bertz CT molecular complexity index is 1110.